The number of nitrogens with zero attached hydrogens (tertiary/aromatic N) is 2. The highest BCUT2D eigenvalue weighted by atomic mass is 16.5. The number of carbonyl (C=O) groups is 1. The van der Waals surface area contributed by atoms with Crippen molar-refractivity contribution in [2.24, 2.45) is 0 Å². The molecule has 1 N–H and O–H groups in total. The van der Waals surface area contributed by atoms with Crippen LogP contribution in [0.2, 0.25) is 0 Å². The highest BCUT2D eigenvalue weighted by Crippen LogP contribution is 2.24. The van der Waals surface area contributed by atoms with Crippen molar-refractivity contribution in [3.05, 3.63) is 53.6 Å². The molecule has 2 aromatic rings. The van der Waals surface area contributed by atoms with E-state index in [0.717, 1.165) is 57.1 Å². The van der Waals surface area contributed by atoms with Crippen LogP contribution < -0.4 is 15.0 Å². The summed E-state index contributed by atoms with van der Waals surface area (Å²) in [6.45, 7) is 11.3. The average molecular weight is 396 g/mol. The lowest BCUT2D eigenvalue weighted by Crippen LogP contribution is -2.48. The second kappa shape index (κ2) is 10.3. The number of piperazine rings is 1. The Morgan fingerprint density at radius 2 is 1.76 bits per heavy atom. The Balaban J connectivity index is 1.44. The number of nitrogens with one attached hydrogen (secondary N) is 1. The van der Waals surface area contributed by atoms with E-state index < -0.39 is 0 Å². The van der Waals surface area contributed by atoms with Crippen molar-refractivity contribution in [3.63, 3.8) is 0 Å². The normalized spacial score (nSPS) is 14.7. The summed E-state index contributed by atoms with van der Waals surface area (Å²) in [5, 5.41) is 2.99. The first kappa shape index (κ1) is 21.2. The number of hydrogen-bond acceptors (Lipinski definition) is 4. The molecule has 2 aromatic carbocycles. The first-order valence-corrected chi connectivity index (χ1v) is 10.6. The number of amides is 1. The van der Waals surface area contributed by atoms with Gasteiger partial charge in [-0.25, -0.2) is 0 Å². The van der Waals surface area contributed by atoms with Crippen molar-refractivity contribution in [1.29, 1.82) is 0 Å². The largest absolute Gasteiger partial charge is 0.494 e. The molecule has 0 spiro atoms. The number of ether oxygens (including phenoxy) is 1. The number of carbonyl (C=O) groups excluding carboxylic acids is 1. The molecule has 1 aliphatic heterocycles. The summed E-state index contributed by atoms with van der Waals surface area (Å²) >= 11 is 0. The molecule has 1 fully saturated rings. The lowest BCUT2D eigenvalue weighted by molar-refractivity contribution is -0.117. The molecule has 1 amide bonds. The Morgan fingerprint density at radius 1 is 1.03 bits per heavy atom. The van der Waals surface area contributed by atoms with E-state index in [1.165, 1.54) is 16.8 Å². The lowest BCUT2D eigenvalue weighted by Gasteiger charge is -2.36. The summed E-state index contributed by atoms with van der Waals surface area (Å²) in [4.78, 5) is 17.1. The zero-order chi connectivity index (χ0) is 20.6. The van der Waals surface area contributed by atoms with Crippen molar-refractivity contribution >= 4 is 17.3 Å². The van der Waals surface area contributed by atoms with Gasteiger partial charge in [-0.3, -0.25) is 9.69 Å². The monoisotopic (exact) mass is 395 g/mol. The van der Waals surface area contributed by atoms with E-state index >= 15 is 0 Å². The van der Waals surface area contributed by atoms with Gasteiger partial charge in [-0.05, 0) is 61.7 Å². The Bertz CT molecular complexity index is 796. The number of anilines is 2. The number of benzene rings is 2. The van der Waals surface area contributed by atoms with Crippen molar-refractivity contribution in [3.8, 4) is 5.75 Å². The Labute approximate surface area is 174 Å². The molecule has 0 bridgehead atoms. The summed E-state index contributed by atoms with van der Waals surface area (Å²) in [6, 6.07) is 14.1. The van der Waals surface area contributed by atoms with Gasteiger partial charge in [-0.2, -0.15) is 0 Å². The van der Waals surface area contributed by atoms with E-state index in [4.69, 9.17) is 4.74 Å². The fraction of sp³-hybridized carbons (Fsp3) is 0.458. The molecule has 5 nitrogen and oxygen atoms in total. The van der Waals surface area contributed by atoms with Gasteiger partial charge in [0.1, 0.15) is 5.75 Å². The van der Waals surface area contributed by atoms with Gasteiger partial charge < -0.3 is 15.0 Å². The second-order valence-electron chi connectivity index (χ2n) is 7.76. The van der Waals surface area contributed by atoms with E-state index in [2.05, 4.69) is 54.1 Å². The lowest BCUT2D eigenvalue weighted by atomic mass is 10.1. The van der Waals surface area contributed by atoms with Crippen LogP contribution in [0.15, 0.2) is 42.5 Å². The predicted molar refractivity (Wildman–Crippen MR) is 120 cm³/mol. The van der Waals surface area contributed by atoms with Crippen LogP contribution in [0.25, 0.3) is 0 Å². The van der Waals surface area contributed by atoms with Crippen LogP contribution in [0.3, 0.4) is 0 Å². The molecule has 5 heteroatoms. The Hall–Kier alpha value is -2.53. The number of unbranched alkanes of at least 4 members (excludes halogenated alkanes) is 1. The molecular formula is C24H33N3O2. The number of rotatable bonds is 8. The fourth-order valence-corrected chi connectivity index (χ4v) is 3.60. The molecule has 0 radical (unpaired) electrons. The van der Waals surface area contributed by atoms with Gasteiger partial charge in [0.2, 0.25) is 5.91 Å². The van der Waals surface area contributed by atoms with Crippen LogP contribution in [0.1, 0.15) is 30.9 Å². The van der Waals surface area contributed by atoms with Crippen molar-refractivity contribution in [1.82, 2.24) is 4.90 Å². The third kappa shape index (κ3) is 5.97. The SMILES string of the molecule is CCCCOc1ccc(NC(=O)CN2CCN(c3cccc(C)c3C)CC2)cc1. The van der Waals surface area contributed by atoms with Crippen LogP contribution in [0.5, 0.6) is 5.75 Å². The molecular weight excluding hydrogens is 362 g/mol. The molecule has 3 rings (SSSR count). The molecule has 1 heterocycles. The van der Waals surface area contributed by atoms with Gasteiger partial charge in [-0.1, -0.05) is 25.5 Å². The first-order chi connectivity index (χ1) is 14.1. The van der Waals surface area contributed by atoms with Gasteiger partial charge in [0.15, 0.2) is 0 Å². The predicted octanol–water partition coefficient (Wildman–Crippen LogP) is 4.24. The quantitative estimate of drug-likeness (QED) is 0.679. The van der Waals surface area contributed by atoms with Crippen molar-refractivity contribution in [2.75, 3.05) is 49.5 Å². The van der Waals surface area contributed by atoms with E-state index in [1.54, 1.807) is 0 Å². The minimum Gasteiger partial charge on any atom is -0.494 e. The highest BCUT2D eigenvalue weighted by Gasteiger charge is 2.20. The number of aryl methyl sites for hydroxylation is 1. The molecule has 29 heavy (non-hydrogen) atoms. The van der Waals surface area contributed by atoms with E-state index in [-0.39, 0.29) is 5.91 Å². The second-order valence-corrected chi connectivity index (χ2v) is 7.76. The summed E-state index contributed by atoms with van der Waals surface area (Å²) in [5.74, 6) is 0.879. The zero-order valence-electron chi connectivity index (χ0n) is 17.9. The minimum atomic E-state index is 0.0323. The molecule has 0 aromatic heterocycles. The molecule has 0 atom stereocenters. The minimum absolute atomic E-state index is 0.0323. The van der Waals surface area contributed by atoms with Crippen LogP contribution in [0, 0.1) is 13.8 Å². The molecule has 1 saturated heterocycles. The fourth-order valence-electron chi connectivity index (χ4n) is 3.60. The van der Waals surface area contributed by atoms with Crippen LogP contribution >= 0.6 is 0 Å². The first-order valence-electron chi connectivity index (χ1n) is 10.6. The van der Waals surface area contributed by atoms with Gasteiger partial charge in [0, 0.05) is 37.6 Å². The summed E-state index contributed by atoms with van der Waals surface area (Å²) in [6.07, 6.45) is 2.17. The molecule has 0 unspecified atom stereocenters. The average Bonchev–Trinajstić information content (AvgIpc) is 2.72. The van der Waals surface area contributed by atoms with Crippen LogP contribution in [-0.2, 0) is 4.79 Å². The van der Waals surface area contributed by atoms with Gasteiger partial charge >= 0.3 is 0 Å². The Morgan fingerprint density at radius 3 is 2.45 bits per heavy atom. The molecule has 156 valence electrons. The summed E-state index contributed by atoms with van der Waals surface area (Å²) in [5.41, 5.74) is 4.80. The van der Waals surface area contributed by atoms with E-state index in [1.807, 2.05) is 24.3 Å². The topological polar surface area (TPSA) is 44.8 Å². The third-order valence-corrected chi connectivity index (χ3v) is 5.56. The summed E-state index contributed by atoms with van der Waals surface area (Å²) < 4.78 is 5.66. The smallest absolute Gasteiger partial charge is 0.238 e. The third-order valence-electron chi connectivity index (χ3n) is 5.56. The van der Waals surface area contributed by atoms with Crippen molar-refractivity contribution < 1.29 is 9.53 Å². The number of hydrogen-bond donors (Lipinski definition) is 1. The molecule has 1 aliphatic rings. The van der Waals surface area contributed by atoms with Gasteiger partial charge in [0.25, 0.3) is 0 Å². The molecule has 0 aliphatic carbocycles. The van der Waals surface area contributed by atoms with E-state index in [0.29, 0.717) is 6.54 Å². The van der Waals surface area contributed by atoms with E-state index in [9.17, 15) is 4.79 Å². The van der Waals surface area contributed by atoms with Gasteiger partial charge in [0.05, 0.1) is 13.2 Å². The maximum absolute atomic E-state index is 12.4. The Kier molecular flexibility index (Phi) is 7.53. The standard InChI is InChI=1S/C24H33N3O2/c1-4-5-17-29-22-11-9-21(10-12-22)25-24(28)18-26-13-15-27(16-14-26)23-8-6-7-19(2)20(23)3/h6-12H,4-5,13-18H2,1-3H3,(H,25,28). The highest BCUT2D eigenvalue weighted by molar-refractivity contribution is 5.92. The van der Waals surface area contributed by atoms with Crippen molar-refractivity contribution in [2.45, 2.75) is 33.6 Å². The summed E-state index contributed by atoms with van der Waals surface area (Å²) in [7, 11) is 0. The zero-order valence-corrected chi connectivity index (χ0v) is 17.9. The molecule has 0 saturated carbocycles. The maximum atomic E-state index is 12.4. The van der Waals surface area contributed by atoms with Gasteiger partial charge in [-0.15, -0.1) is 0 Å². The van der Waals surface area contributed by atoms with Crippen LogP contribution in [-0.4, -0.2) is 50.1 Å². The maximum Gasteiger partial charge on any atom is 0.238 e. The van der Waals surface area contributed by atoms with Crippen LogP contribution in [0.4, 0.5) is 11.4 Å².